The lowest BCUT2D eigenvalue weighted by Crippen LogP contribution is -2.56. The summed E-state index contributed by atoms with van der Waals surface area (Å²) in [7, 11) is 0. The topological polar surface area (TPSA) is 144 Å². The lowest BCUT2D eigenvalue weighted by molar-refractivity contribution is -0.151. The van der Waals surface area contributed by atoms with Crippen LogP contribution in [0.2, 0.25) is 0 Å². The molecule has 2 bridgehead atoms. The first kappa shape index (κ1) is 31.8. The van der Waals surface area contributed by atoms with Crippen LogP contribution in [0.25, 0.3) is 0 Å². The van der Waals surface area contributed by atoms with Gasteiger partial charge in [0.05, 0.1) is 0 Å². The van der Waals surface area contributed by atoms with Crippen molar-refractivity contribution < 1.29 is 43.7 Å². The normalized spacial score (nSPS) is 21.5. The zero-order valence-electron chi connectivity index (χ0n) is 24.4. The van der Waals surface area contributed by atoms with Crippen molar-refractivity contribution in [3.05, 3.63) is 47.6 Å². The minimum Gasteiger partial charge on any atom is -0.478 e. The molecule has 1 aromatic carbocycles. The molecule has 1 unspecified atom stereocenters. The molecule has 3 saturated carbocycles. The van der Waals surface area contributed by atoms with E-state index in [-0.39, 0.29) is 41.0 Å². The summed E-state index contributed by atoms with van der Waals surface area (Å²) in [6, 6.07) is 3.43. The summed E-state index contributed by atoms with van der Waals surface area (Å²) in [6.07, 6.45) is 8.73. The zero-order valence-corrected chi connectivity index (χ0v) is 24.4. The summed E-state index contributed by atoms with van der Waals surface area (Å²) < 4.78 is 11.4. The summed E-state index contributed by atoms with van der Waals surface area (Å²) >= 11 is 0. The summed E-state index contributed by atoms with van der Waals surface area (Å²) in [4.78, 5) is 60.5. The molecule has 0 amide bonds. The van der Waals surface area contributed by atoms with Crippen molar-refractivity contribution in [3.63, 3.8) is 0 Å². The van der Waals surface area contributed by atoms with Gasteiger partial charge in [0.1, 0.15) is 17.3 Å². The van der Waals surface area contributed by atoms with E-state index >= 15 is 0 Å². The van der Waals surface area contributed by atoms with Crippen LogP contribution in [-0.4, -0.2) is 39.9 Å². The second-order valence-corrected chi connectivity index (χ2v) is 12.3. The molecule has 0 spiro atoms. The van der Waals surface area contributed by atoms with Crippen molar-refractivity contribution in [1.29, 1.82) is 0 Å². The number of carbonyl (C=O) groups is 5. The Kier molecular flexibility index (Phi) is 9.94. The lowest BCUT2D eigenvalue weighted by Gasteiger charge is -2.59. The predicted octanol–water partition coefficient (Wildman–Crippen LogP) is 5.75. The number of carbonyl (C=O) groups excluding carboxylic acids is 3. The van der Waals surface area contributed by atoms with Gasteiger partial charge in [-0.1, -0.05) is 60.3 Å². The van der Waals surface area contributed by atoms with Crippen LogP contribution in [0.15, 0.2) is 36.4 Å². The Hall–Kier alpha value is -3.75. The van der Waals surface area contributed by atoms with Crippen LogP contribution >= 0.6 is 0 Å². The maximum absolute atomic E-state index is 13.1. The Balaban J connectivity index is 2.17. The zero-order chi connectivity index (χ0) is 30.5. The molecule has 41 heavy (non-hydrogen) atoms. The number of Topliss-reactive ketones (excluding diaryl/α,β-unsaturated/α-hetero) is 1. The number of carboxylic acid groups (broad SMARTS) is 2. The molecule has 3 atom stereocenters. The highest BCUT2D eigenvalue weighted by molar-refractivity contribution is 5.93. The standard InChI is InChI=1S/C32H40O9/c1-6-7-8-9-14-31(2,3)19-15-24(40-28(38)12-10-26(34)35)30(25(16-19)41-29(39)13-11-27(36)37)20-17-23(33)22-18-21(20)32(22,4)5/h10-13,15-16,20-22H,6-9,14,17-18H2,1-5H3,(H,34,35)(H,36,37)/b12-10+,13-11+/t20?,21-,22+/m0/s1. The highest BCUT2D eigenvalue weighted by Gasteiger charge is 2.59. The second-order valence-electron chi connectivity index (χ2n) is 12.3. The van der Waals surface area contributed by atoms with Gasteiger partial charge in [-0.05, 0) is 47.3 Å². The maximum Gasteiger partial charge on any atom is 0.336 e. The first-order chi connectivity index (χ1) is 19.2. The SMILES string of the molecule is CCCCCCC(C)(C)c1cc(OC(=O)/C=C/C(=O)O)c(C2CC(=O)[C@H]3C[C@@H]2C3(C)C)c(OC(=O)/C=C/C(=O)O)c1. The highest BCUT2D eigenvalue weighted by atomic mass is 16.5. The van der Waals surface area contributed by atoms with Gasteiger partial charge in [-0.25, -0.2) is 19.2 Å². The lowest BCUT2D eigenvalue weighted by atomic mass is 9.44. The van der Waals surface area contributed by atoms with E-state index in [0.29, 0.717) is 24.1 Å². The van der Waals surface area contributed by atoms with Gasteiger partial charge in [-0.3, -0.25) is 4.79 Å². The minimum atomic E-state index is -1.32. The fourth-order valence-electron chi connectivity index (χ4n) is 6.22. The molecule has 0 radical (unpaired) electrons. The number of aliphatic carboxylic acids is 2. The molecule has 4 rings (SSSR count). The minimum absolute atomic E-state index is 0.0390. The Morgan fingerprint density at radius 1 is 0.927 bits per heavy atom. The molecule has 0 saturated heterocycles. The van der Waals surface area contributed by atoms with Crippen molar-refractivity contribution in [2.75, 3.05) is 0 Å². The number of ketones is 1. The van der Waals surface area contributed by atoms with E-state index in [1.165, 1.54) is 0 Å². The van der Waals surface area contributed by atoms with Crippen LogP contribution in [0.3, 0.4) is 0 Å². The van der Waals surface area contributed by atoms with Gasteiger partial charge in [0.2, 0.25) is 0 Å². The fraction of sp³-hybridized carbons (Fsp3) is 0.531. The van der Waals surface area contributed by atoms with Gasteiger partial charge in [0.15, 0.2) is 0 Å². The average Bonchev–Trinajstić information content (AvgIpc) is 2.88. The number of hydrogen-bond donors (Lipinski definition) is 2. The smallest absolute Gasteiger partial charge is 0.336 e. The second kappa shape index (κ2) is 12.8. The predicted molar refractivity (Wildman–Crippen MR) is 151 cm³/mol. The number of fused-ring (bicyclic) bond motifs is 2. The van der Waals surface area contributed by atoms with Crippen LogP contribution in [-0.2, 0) is 29.4 Å². The highest BCUT2D eigenvalue weighted by Crippen LogP contribution is 2.64. The molecule has 222 valence electrons. The van der Waals surface area contributed by atoms with E-state index in [2.05, 4.69) is 6.92 Å². The van der Waals surface area contributed by atoms with Crippen LogP contribution in [0.1, 0.15) is 96.6 Å². The molecule has 2 N–H and O–H groups in total. The quantitative estimate of drug-likeness (QED) is 0.132. The van der Waals surface area contributed by atoms with Crippen LogP contribution in [0.4, 0.5) is 0 Å². The first-order valence-electron chi connectivity index (χ1n) is 14.1. The largest absolute Gasteiger partial charge is 0.478 e. The average molecular weight is 569 g/mol. The number of esters is 2. The van der Waals surface area contributed by atoms with E-state index in [1.54, 1.807) is 12.1 Å². The number of unbranched alkanes of at least 4 members (excludes halogenated alkanes) is 3. The van der Waals surface area contributed by atoms with Crippen LogP contribution in [0.5, 0.6) is 11.5 Å². The fourth-order valence-corrected chi connectivity index (χ4v) is 6.22. The summed E-state index contributed by atoms with van der Waals surface area (Å²) in [5, 5.41) is 18.0. The Morgan fingerprint density at radius 2 is 1.46 bits per heavy atom. The number of hydrogen-bond acceptors (Lipinski definition) is 7. The summed E-state index contributed by atoms with van der Waals surface area (Å²) in [5.41, 5.74) is 0.354. The van der Waals surface area contributed by atoms with E-state index < -0.39 is 35.2 Å². The molecule has 9 heteroatoms. The van der Waals surface area contributed by atoms with Crippen molar-refractivity contribution in [3.8, 4) is 11.5 Å². The third-order valence-electron chi connectivity index (χ3n) is 8.70. The van der Waals surface area contributed by atoms with Crippen LogP contribution < -0.4 is 9.47 Å². The third kappa shape index (κ3) is 7.51. The molecule has 9 nitrogen and oxygen atoms in total. The van der Waals surface area contributed by atoms with Gasteiger partial charge in [-0.2, -0.15) is 0 Å². The molecule has 1 aromatic rings. The van der Waals surface area contributed by atoms with E-state index in [9.17, 15) is 24.0 Å². The summed E-state index contributed by atoms with van der Waals surface area (Å²) in [6.45, 7) is 10.2. The Morgan fingerprint density at radius 3 is 1.90 bits per heavy atom. The van der Waals surface area contributed by atoms with Gasteiger partial charge in [0.25, 0.3) is 0 Å². The number of rotatable bonds is 13. The number of ether oxygens (including phenoxy) is 2. The first-order valence-corrected chi connectivity index (χ1v) is 14.1. The maximum atomic E-state index is 13.1. The summed E-state index contributed by atoms with van der Waals surface area (Å²) in [5.74, 6) is -4.69. The van der Waals surface area contributed by atoms with E-state index in [0.717, 1.165) is 49.8 Å². The Bertz CT molecular complexity index is 1210. The van der Waals surface area contributed by atoms with Crippen molar-refractivity contribution in [1.82, 2.24) is 0 Å². The molecule has 0 heterocycles. The van der Waals surface area contributed by atoms with Gasteiger partial charge < -0.3 is 19.7 Å². The molecule has 3 aliphatic carbocycles. The van der Waals surface area contributed by atoms with Gasteiger partial charge in [0, 0.05) is 48.1 Å². The van der Waals surface area contributed by atoms with Gasteiger partial charge in [-0.15, -0.1) is 0 Å². The molecule has 0 aromatic heterocycles. The Labute approximate surface area is 240 Å². The number of carboxylic acids is 2. The molecular weight excluding hydrogens is 528 g/mol. The molecule has 0 aliphatic heterocycles. The van der Waals surface area contributed by atoms with Crippen molar-refractivity contribution in [2.24, 2.45) is 17.3 Å². The number of benzene rings is 1. The third-order valence-corrected chi connectivity index (χ3v) is 8.70. The monoisotopic (exact) mass is 568 g/mol. The molecular formula is C32H40O9. The van der Waals surface area contributed by atoms with E-state index in [1.807, 2.05) is 27.7 Å². The van der Waals surface area contributed by atoms with Crippen molar-refractivity contribution in [2.45, 2.75) is 90.9 Å². The van der Waals surface area contributed by atoms with Gasteiger partial charge >= 0.3 is 23.9 Å². The van der Waals surface area contributed by atoms with Crippen molar-refractivity contribution >= 4 is 29.7 Å². The molecule has 3 fully saturated rings. The molecule has 3 aliphatic rings. The van der Waals surface area contributed by atoms with Crippen LogP contribution in [0, 0.1) is 17.3 Å². The van der Waals surface area contributed by atoms with E-state index in [4.69, 9.17) is 19.7 Å².